The van der Waals surface area contributed by atoms with Crippen LogP contribution in [0.25, 0.3) is 0 Å². The fourth-order valence-electron chi connectivity index (χ4n) is 4.55. The Kier molecular flexibility index (Phi) is 7.78. The zero-order chi connectivity index (χ0) is 17.8. The SMILES string of the molecule is CN=C(NCCCOC1CCCc2ccccc21)NC1CC2CCC1O2.I. The average Bonchev–Trinajstić information content (AvgIpc) is 3.30. The summed E-state index contributed by atoms with van der Waals surface area (Å²) in [6.45, 7) is 1.65. The van der Waals surface area contributed by atoms with Gasteiger partial charge in [-0.2, -0.15) is 0 Å². The molecule has 0 amide bonds. The fourth-order valence-corrected chi connectivity index (χ4v) is 4.55. The number of aryl methyl sites for hydroxylation is 1. The summed E-state index contributed by atoms with van der Waals surface area (Å²) >= 11 is 0. The summed E-state index contributed by atoms with van der Waals surface area (Å²) in [7, 11) is 1.83. The number of nitrogens with one attached hydrogen (secondary N) is 2. The minimum Gasteiger partial charge on any atom is -0.373 e. The van der Waals surface area contributed by atoms with Crippen molar-refractivity contribution in [2.24, 2.45) is 4.99 Å². The van der Waals surface area contributed by atoms with Gasteiger partial charge in [-0.25, -0.2) is 0 Å². The number of aliphatic imine (C=N–C) groups is 1. The quantitative estimate of drug-likeness (QED) is 0.280. The fraction of sp³-hybridized carbons (Fsp3) is 0.667. The number of hydrogen-bond acceptors (Lipinski definition) is 3. The van der Waals surface area contributed by atoms with Gasteiger partial charge >= 0.3 is 0 Å². The van der Waals surface area contributed by atoms with E-state index in [2.05, 4.69) is 39.9 Å². The number of benzene rings is 1. The van der Waals surface area contributed by atoms with Gasteiger partial charge in [-0.3, -0.25) is 4.99 Å². The van der Waals surface area contributed by atoms with Gasteiger partial charge in [-0.1, -0.05) is 24.3 Å². The molecule has 4 unspecified atom stereocenters. The van der Waals surface area contributed by atoms with Crippen molar-refractivity contribution in [3.63, 3.8) is 0 Å². The van der Waals surface area contributed by atoms with Gasteiger partial charge in [0.25, 0.3) is 0 Å². The molecule has 2 bridgehead atoms. The minimum atomic E-state index is 0. The Hall–Kier alpha value is -0.860. The molecule has 6 heteroatoms. The molecule has 2 saturated heterocycles. The Balaban J connectivity index is 0.00000210. The van der Waals surface area contributed by atoms with Crippen molar-refractivity contribution < 1.29 is 9.47 Å². The van der Waals surface area contributed by atoms with E-state index < -0.39 is 0 Å². The van der Waals surface area contributed by atoms with Gasteiger partial charge < -0.3 is 20.1 Å². The third-order valence-electron chi connectivity index (χ3n) is 5.90. The highest BCUT2D eigenvalue weighted by Crippen LogP contribution is 2.34. The lowest BCUT2D eigenvalue weighted by Crippen LogP contribution is -2.47. The highest BCUT2D eigenvalue weighted by atomic mass is 127. The predicted molar refractivity (Wildman–Crippen MR) is 119 cm³/mol. The van der Waals surface area contributed by atoms with Crippen molar-refractivity contribution in [3.05, 3.63) is 35.4 Å². The van der Waals surface area contributed by atoms with Gasteiger partial charge in [0.05, 0.1) is 24.4 Å². The molecule has 2 heterocycles. The van der Waals surface area contributed by atoms with Crippen LogP contribution in [0.4, 0.5) is 0 Å². The summed E-state index contributed by atoms with van der Waals surface area (Å²) in [5, 5.41) is 6.94. The Labute approximate surface area is 179 Å². The van der Waals surface area contributed by atoms with Crippen LogP contribution in [0, 0.1) is 0 Å². The van der Waals surface area contributed by atoms with Gasteiger partial charge in [0.2, 0.25) is 0 Å². The zero-order valence-corrected chi connectivity index (χ0v) is 18.5. The molecule has 1 aromatic rings. The number of halogens is 1. The smallest absolute Gasteiger partial charge is 0.191 e. The molecule has 0 aromatic heterocycles. The first-order chi connectivity index (χ1) is 12.8. The first-order valence-corrected chi connectivity index (χ1v) is 10.2. The molecule has 2 aliphatic heterocycles. The molecule has 2 fully saturated rings. The number of ether oxygens (including phenoxy) is 2. The molecular formula is C21H32IN3O2. The van der Waals surface area contributed by atoms with Crippen molar-refractivity contribution in [3.8, 4) is 0 Å². The van der Waals surface area contributed by atoms with E-state index in [0.29, 0.717) is 18.2 Å². The van der Waals surface area contributed by atoms with Crippen LogP contribution in [-0.2, 0) is 15.9 Å². The van der Waals surface area contributed by atoms with E-state index >= 15 is 0 Å². The van der Waals surface area contributed by atoms with Crippen molar-refractivity contribution in [2.75, 3.05) is 20.2 Å². The second kappa shape index (κ2) is 10.1. The van der Waals surface area contributed by atoms with Gasteiger partial charge in [0.15, 0.2) is 5.96 Å². The van der Waals surface area contributed by atoms with E-state index in [0.717, 1.165) is 38.4 Å². The number of hydrogen-bond donors (Lipinski definition) is 2. The summed E-state index contributed by atoms with van der Waals surface area (Å²) in [6, 6.07) is 9.12. The standard InChI is InChI=1S/C21H31N3O2.HI/c1-22-21(24-18-14-16-10-11-20(18)26-16)23-12-5-13-25-19-9-4-7-15-6-2-3-8-17(15)19;/h2-3,6,8,16,18-20H,4-5,7,9-14H2,1H3,(H2,22,23,24);1H. The Morgan fingerprint density at radius 3 is 2.93 bits per heavy atom. The Morgan fingerprint density at radius 2 is 2.15 bits per heavy atom. The highest BCUT2D eigenvalue weighted by molar-refractivity contribution is 14.0. The molecule has 0 saturated carbocycles. The number of fused-ring (bicyclic) bond motifs is 3. The largest absolute Gasteiger partial charge is 0.373 e. The van der Waals surface area contributed by atoms with Gasteiger partial charge in [-0.05, 0) is 56.1 Å². The first kappa shape index (κ1) is 20.9. The molecule has 0 spiro atoms. The van der Waals surface area contributed by atoms with Crippen molar-refractivity contribution >= 4 is 29.9 Å². The molecule has 3 aliphatic rings. The number of nitrogens with zero attached hydrogens (tertiary/aromatic N) is 1. The van der Waals surface area contributed by atoms with Crippen molar-refractivity contribution in [1.82, 2.24) is 10.6 Å². The molecule has 1 aliphatic carbocycles. The van der Waals surface area contributed by atoms with E-state index in [1.807, 2.05) is 7.05 Å². The minimum absolute atomic E-state index is 0. The summed E-state index contributed by atoms with van der Waals surface area (Å²) < 4.78 is 12.1. The van der Waals surface area contributed by atoms with Crippen LogP contribution in [0.3, 0.4) is 0 Å². The normalized spacial score (nSPS) is 29.1. The van der Waals surface area contributed by atoms with Crippen LogP contribution in [0.2, 0.25) is 0 Å². The topological polar surface area (TPSA) is 54.9 Å². The van der Waals surface area contributed by atoms with Crippen LogP contribution >= 0.6 is 24.0 Å². The van der Waals surface area contributed by atoms with Crippen LogP contribution < -0.4 is 10.6 Å². The Morgan fingerprint density at radius 1 is 1.26 bits per heavy atom. The van der Waals surface area contributed by atoms with Crippen molar-refractivity contribution in [2.45, 2.75) is 69.3 Å². The van der Waals surface area contributed by atoms with Crippen molar-refractivity contribution in [1.29, 1.82) is 0 Å². The number of guanidine groups is 1. The summed E-state index contributed by atoms with van der Waals surface area (Å²) in [5.41, 5.74) is 2.85. The van der Waals surface area contributed by atoms with Crippen LogP contribution in [0.15, 0.2) is 29.3 Å². The number of rotatable bonds is 6. The lowest BCUT2D eigenvalue weighted by Gasteiger charge is -2.26. The van der Waals surface area contributed by atoms with Gasteiger partial charge in [0, 0.05) is 20.2 Å². The highest BCUT2D eigenvalue weighted by Gasteiger charge is 2.41. The Bertz CT molecular complexity index is 640. The maximum atomic E-state index is 6.18. The van der Waals surface area contributed by atoms with E-state index in [9.17, 15) is 0 Å². The van der Waals surface area contributed by atoms with E-state index in [-0.39, 0.29) is 30.1 Å². The lowest BCUT2D eigenvalue weighted by atomic mass is 9.89. The molecule has 4 atom stereocenters. The maximum Gasteiger partial charge on any atom is 0.191 e. The van der Waals surface area contributed by atoms with E-state index in [4.69, 9.17) is 9.47 Å². The maximum absolute atomic E-state index is 6.18. The third kappa shape index (κ3) is 5.15. The van der Waals surface area contributed by atoms with Gasteiger partial charge in [0.1, 0.15) is 0 Å². The zero-order valence-electron chi connectivity index (χ0n) is 16.2. The predicted octanol–water partition coefficient (Wildman–Crippen LogP) is 3.57. The molecule has 150 valence electrons. The van der Waals surface area contributed by atoms with E-state index in [1.54, 1.807) is 0 Å². The first-order valence-electron chi connectivity index (χ1n) is 10.2. The monoisotopic (exact) mass is 485 g/mol. The second-order valence-electron chi connectivity index (χ2n) is 7.66. The summed E-state index contributed by atoms with van der Waals surface area (Å²) in [4.78, 5) is 4.35. The molecule has 1 aromatic carbocycles. The van der Waals surface area contributed by atoms with Crippen LogP contribution in [0.1, 0.15) is 55.8 Å². The molecule has 2 N–H and O–H groups in total. The second-order valence-corrected chi connectivity index (χ2v) is 7.66. The molecular weight excluding hydrogens is 453 g/mol. The van der Waals surface area contributed by atoms with Crippen LogP contribution in [0.5, 0.6) is 0 Å². The average molecular weight is 485 g/mol. The summed E-state index contributed by atoms with van der Waals surface area (Å²) in [5.74, 6) is 0.883. The summed E-state index contributed by atoms with van der Waals surface area (Å²) in [6.07, 6.45) is 9.13. The molecule has 27 heavy (non-hydrogen) atoms. The molecule has 5 nitrogen and oxygen atoms in total. The third-order valence-corrected chi connectivity index (χ3v) is 5.90. The van der Waals surface area contributed by atoms with Gasteiger partial charge in [-0.15, -0.1) is 24.0 Å². The van der Waals surface area contributed by atoms with E-state index in [1.165, 1.54) is 36.8 Å². The lowest BCUT2D eigenvalue weighted by molar-refractivity contribution is 0.0398. The molecule has 4 rings (SSSR count). The molecule has 0 radical (unpaired) electrons. The van der Waals surface area contributed by atoms with Crippen LogP contribution in [-0.4, -0.2) is 44.4 Å².